The highest BCUT2D eigenvalue weighted by Gasteiger charge is 2.33. The maximum atomic E-state index is 11.7. The summed E-state index contributed by atoms with van der Waals surface area (Å²) in [5, 5.41) is 4.53. The van der Waals surface area contributed by atoms with Gasteiger partial charge in [-0.25, -0.2) is 9.59 Å². The Morgan fingerprint density at radius 3 is 2.58 bits per heavy atom. The Hall–Kier alpha value is -2.32. The minimum Gasteiger partial charge on any atom is -0.469 e. The lowest BCUT2D eigenvalue weighted by atomic mass is 10.2. The number of hydrogen-bond acceptors (Lipinski definition) is 7. The van der Waals surface area contributed by atoms with Crippen molar-refractivity contribution in [3.8, 4) is 0 Å². The summed E-state index contributed by atoms with van der Waals surface area (Å²) in [6.45, 7) is -0.142. The van der Waals surface area contributed by atoms with E-state index in [-0.39, 0.29) is 13.0 Å². The first kappa shape index (κ1) is 14.7. The topological polar surface area (TPSA) is 120 Å². The molecule has 0 aromatic heterocycles. The van der Waals surface area contributed by atoms with Gasteiger partial charge in [0.1, 0.15) is 18.7 Å². The molecule has 106 valence electrons. The van der Waals surface area contributed by atoms with Crippen LogP contribution in [0.25, 0.3) is 0 Å². The van der Waals surface area contributed by atoms with Crippen molar-refractivity contribution in [2.45, 2.75) is 18.5 Å². The number of alkyl carbamates (subject to hydrolysis) is 1. The summed E-state index contributed by atoms with van der Waals surface area (Å²) >= 11 is 0. The molecule has 0 radical (unpaired) electrons. The number of carbonyl (C=O) groups excluding carboxylic acids is 4. The fraction of sp³-hybridized carbons (Fsp3) is 0.600. The van der Waals surface area contributed by atoms with Crippen LogP contribution in [-0.4, -0.2) is 56.8 Å². The molecule has 1 heterocycles. The van der Waals surface area contributed by atoms with Gasteiger partial charge in [-0.05, 0) is 0 Å². The van der Waals surface area contributed by atoms with Crippen LogP contribution in [0.15, 0.2) is 0 Å². The summed E-state index contributed by atoms with van der Waals surface area (Å²) in [7, 11) is 2.28. The smallest absolute Gasteiger partial charge is 0.407 e. The van der Waals surface area contributed by atoms with Crippen LogP contribution in [0.1, 0.15) is 6.42 Å². The van der Waals surface area contributed by atoms with Crippen LogP contribution in [-0.2, 0) is 28.6 Å². The third-order valence-electron chi connectivity index (χ3n) is 2.39. The van der Waals surface area contributed by atoms with E-state index in [1.807, 2.05) is 0 Å². The van der Waals surface area contributed by atoms with Crippen LogP contribution < -0.4 is 10.6 Å². The van der Waals surface area contributed by atoms with Crippen molar-refractivity contribution in [2.24, 2.45) is 0 Å². The first-order chi connectivity index (χ1) is 8.97. The van der Waals surface area contributed by atoms with Crippen molar-refractivity contribution in [3.63, 3.8) is 0 Å². The van der Waals surface area contributed by atoms with Crippen LogP contribution in [0.4, 0.5) is 4.79 Å². The third kappa shape index (κ3) is 4.12. The van der Waals surface area contributed by atoms with Crippen LogP contribution >= 0.6 is 0 Å². The van der Waals surface area contributed by atoms with Crippen molar-refractivity contribution in [2.75, 3.05) is 20.8 Å². The zero-order chi connectivity index (χ0) is 14.4. The Kier molecular flexibility index (Phi) is 5.10. The molecule has 0 aliphatic carbocycles. The number of ether oxygens (including phenoxy) is 3. The number of hydrogen-bond donors (Lipinski definition) is 2. The highest BCUT2D eigenvalue weighted by atomic mass is 16.6. The molecule has 1 saturated heterocycles. The van der Waals surface area contributed by atoms with Gasteiger partial charge in [0.25, 0.3) is 0 Å². The Labute approximate surface area is 108 Å². The molecule has 0 aromatic carbocycles. The standard InChI is InChI=1S/C10H14N2O7/c1-17-7(13)3-5(9(15)18-2)11-8(14)6-4-19-10(16)12-6/h5-6H,3-4H2,1-2H3,(H,11,14)(H,12,16). The van der Waals surface area contributed by atoms with Crippen molar-refractivity contribution in [1.29, 1.82) is 0 Å². The maximum absolute atomic E-state index is 11.7. The van der Waals surface area contributed by atoms with Gasteiger partial charge in [-0.15, -0.1) is 0 Å². The lowest BCUT2D eigenvalue weighted by Crippen LogP contribution is -2.50. The molecule has 2 atom stereocenters. The van der Waals surface area contributed by atoms with Gasteiger partial charge in [0.05, 0.1) is 20.6 Å². The molecule has 0 bridgehead atoms. The number of rotatable bonds is 5. The summed E-state index contributed by atoms with van der Waals surface area (Å²) in [4.78, 5) is 45.0. The summed E-state index contributed by atoms with van der Waals surface area (Å²) in [5.41, 5.74) is 0. The second-order valence-electron chi connectivity index (χ2n) is 3.66. The third-order valence-corrected chi connectivity index (χ3v) is 2.39. The zero-order valence-corrected chi connectivity index (χ0v) is 10.4. The molecule has 2 amide bonds. The number of methoxy groups -OCH3 is 2. The fourth-order valence-electron chi connectivity index (χ4n) is 1.38. The highest BCUT2D eigenvalue weighted by molar-refractivity contribution is 5.92. The Bertz CT molecular complexity index is 395. The SMILES string of the molecule is COC(=O)CC(NC(=O)C1COC(=O)N1)C(=O)OC. The van der Waals surface area contributed by atoms with Gasteiger partial charge >= 0.3 is 18.0 Å². The number of amides is 2. The van der Waals surface area contributed by atoms with E-state index >= 15 is 0 Å². The van der Waals surface area contributed by atoms with Gasteiger partial charge < -0.3 is 24.8 Å². The average Bonchev–Trinajstić information content (AvgIpc) is 2.83. The van der Waals surface area contributed by atoms with Gasteiger partial charge in [-0.2, -0.15) is 0 Å². The fourth-order valence-corrected chi connectivity index (χ4v) is 1.38. The van der Waals surface area contributed by atoms with Crippen LogP contribution in [0, 0.1) is 0 Å². The van der Waals surface area contributed by atoms with Gasteiger partial charge in [0.2, 0.25) is 5.91 Å². The number of nitrogens with one attached hydrogen (secondary N) is 2. The molecule has 1 fully saturated rings. The largest absolute Gasteiger partial charge is 0.469 e. The molecule has 2 unspecified atom stereocenters. The predicted molar refractivity (Wildman–Crippen MR) is 58.9 cm³/mol. The van der Waals surface area contributed by atoms with Gasteiger partial charge in [0.15, 0.2) is 0 Å². The Balaban J connectivity index is 2.61. The Morgan fingerprint density at radius 1 is 1.42 bits per heavy atom. The molecule has 1 aliphatic rings. The van der Waals surface area contributed by atoms with E-state index in [0.29, 0.717) is 0 Å². The second-order valence-corrected chi connectivity index (χ2v) is 3.66. The van der Waals surface area contributed by atoms with Gasteiger partial charge in [-0.3, -0.25) is 9.59 Å². The van der Waals surface area contributed by atoms with E-state index in [4.69, 9.17) is 0 Å². The van der Waals surface area contributed by atoms with E-state index in [2.05, 4.69) is 24.8 Å². The first-order valence-electron chi connectivity index (χ1n) is 5.36. The summed E-state index contributed by atoms with van der Waals surface area (Å²) in [5.74, 6) is -2.11. The average molecular weight is 274 g/mol. The lowest BCUT2D eigenvalue weighted by Gasteiger charge is -2.17. The van der Waals surface area contributed by atoms with E-state index in [1.165, 1.54) is 0 Å². The van der Waals surface area contributed by atoms with E-state index in [1.54, 1.807) is 0 Å². The van der Waals surface area contributed by atoms with Crippen LogP contribution in [0.2, 0.25) is 0 Å². The summed E-state index contributed by atoms with van der Waals surface area (Å²) in [6, 6.07) is -2.08. The second kappa shape index (κ2) is 6.57. The molecule has 1 aliphatic heterocycles. The summed E-state index contributed by atoms with van der Waals surface area (Å²) in [6.07, 6.45) is -1.08. The minimum atomic E-state index is -1.18. The van der Waals surface area contributed by atoms with Crippen molar-refractivity contribution in [1.82, 2.24) is 10.6 Å². The molecule has 2 N–H and O–H groups in total. The van der Waals surface area contributed by atoms with Crippen LogP contribution in [0.3, 0.4) is 0 Å². The first-order valence-corrected chi connectivity index (χ1v) is 5.36. The zero-order valence-electron chi connectivity index (χ0n) is 10.4. The Morgan fingerprint density at radius 2 is 2.11 bits per heavy atom. The van der Waals surface area contributed by atoms with E-state index in [9.17, 15) is 19.2 Å². The maximum Gasteiger partial charge on any atom is 0.407 e. The minimum absolute atomic E-state index is 0.142. The normalized spacial score (nSPS) is 18.8. The molecular weight excluding hydrogens is 260 g/mol. The molecule has 19 heavy (non-hydrogen) atoms. The molecular formula is C10H14N2O7. The molecule has 1 rings (SSSR count). The number of esters is 2. The van der Waals surface area contributed by atoms with Crippen molar-refractivity contribution >= 4 is 23.9 Å². The number of cyclic esters (lactones) is 1. The van der Waals surface area contributed by atoms with Crippen molar-refractivity contribution < 1.29 is 33.4 Å². The van der Waals surface area contributed by atoms with Gasteiger partial charge in [-0.1, -0.05) is 0 Å². The van der Waals surface area contributed by atoms with E-state index in [0.717, 1.165) is 14.2 Å². The molecule has 0 aromatic rings. The molecule has 9 nitrogen and oxygen atoms in total. The van der Waals surface area contributed by atoms with Gasteiger partial charge in [0, 0.05) is 0 Å². The number of carbonyl (C=O) groups is 4. The quantitative estimate of drug-likeness (QED) is 0.453. The summed E-state index contributed by atoms with van der Waals surface area (Å²) < 4.78 is 13.4. The van der Waals surface area contributed by atoms with Crippen molar-refractivity contribution in [3.05, 3.63) is 0 Å². The van der Waals surface area contributed by atoms with E-state index < -0.39 is 36.0 Å². The highest BCUT2D eigenvalue weighted by Crippen LogP contribution is 2.02. The molecule has 0 saturated carbocycles. The monoisotopic (exact) mass is 274 g/mol. The lowest BCUT2D eigenvalue weighted by molar-refractivity contribution is -0.150. The van der Waals surface area contributed by atoms with Crippen LogP contribution in [0.5, 0.6) is 0 Å². The molecule has 0 spiro atoms. The predicted octanol–water partition coefficient (Wildman–Crippen LogP) is -1.68. The molecule has 9 heteroatoms.